The van der Waals surface area contributed by atoms with Crippen molar-refractivity contribution < 1.29 is 9.90 Å². The SMILES string of the molecule is Cc1cccc(/C=C/C(=O)NC(CO)c2ccccc2)c1. The van der Waals surface area contributed by atoms with Gasteiger partial charge in [0.1, 0.15) is 0 Å². The number of aliphatic hydroxyl groups excluding tert-OH is 1. The van der Waals surface area contributed by atoms with Gasteiger partial charge in [0.2, 0.25) is 5.91 Å². The van der Waals surface area contributed by atoms with Gasteiger partial charge in [0.05, 0.1) is 12.6 Å². The minimum Gasteiger partial charge on any atom is -0.394 e. The van der Waals surface area contributed by atoms with Crippen LogP contribution in [0.3, 0.4) is 0 Å². The Morgan fingerprint density at radius 2 is 1.95 bits per heavy atom. The van der Waals surface area contributed by atoms with E-state index >= 15 is 0 Å². The molecule has 0 aliphatic carbocycles. The van der Waals surface area contributed by atoms with Gasteiger partial charge in [0.25, 0.3) is 0 Å². The van der Waals surface area contributed by atoms with Crippen LogP contribution in [0.25, 0.3) is 6.08 Å². The highest BCUT2D eigenvalue weighted by Crippen LogP contribution is 2.11. The lowest BCUT2D eigenvalue weighted by Crippen LogP contribution is -2.29. The molecule has 21 heavy (non-hydrogen) atoms. The Morgan fingerprint density at radius 3 is 2.62 bits per heavy atom. The van der Waals surface area contributed by atoms with Crippen LogP contribution in [0.2, 0.25) is 0 Å². The molecule has 0 bridgehead atoms. The number of carbonyl (C=O) groups is 1. The van der Waals surface area contributed by atoms with E-state index in [-0.39, 0.29) is 18.6 Å². The van der Waals surface area contributed by atoms with Gasteiger partial charge in [-0.3, -0.25) is 4.79 Å². The van der Waals surface area contributed by atoms with Crippen molar-refractivity contribution in [2.45, 2.75) is 13.0 Å². The highest BCUT2D eigenvalue weighted by Gasteiger charge is 2.11. The highest BCUT2D eigenvalue weighted by molar-refractivity contribution is 5.92. The summed E-state index contributed by atoms with van der Waals surface area (Å²) in [5, 5.41) is 12.2. The third-order valence-electron chi connectivity index (χ3n) is 3.17. The molecule has 0 heterocycles. The molecule has 0 aromatic heterocycles. The Hall–Kier alpha value is -2.39. The van der Waals surface area contributed by atoms with E-state index in [1.165, 1.54) is 6.08 Å². The molecule has 2 rings (SSSR count). The number of aryl methyl sites for hydroxylation is 1. The van der Waals surface area contributed by atoms with E-state index in [2.05, 4.69) is 5.32 Å². The Labute approximate surface area is 124 Å². The van der Waals surface area contributed by atoms with Crippen molar-refractivity contribution in [3.05, 3.63) is 77.4 Å². The topological polar surface area (TPSA) is 49.3 Å². The van der Waals surface area contributed by atoms with Gasteiger partial charge in [-0.2, -0.15) is 0 Å². The van der Waals surface area contributed by atoms with Crippen LogP contribution < -0.4 is 5.32 Å². The average molecular weight is 281 g/mol. The highest BCUT2D eigenvalue weighted by atomic mass is 16.3. The maximum Gasteiger partial charge on any atom is 0.244 e. The van der Waals surface area contributed by atoms with Gasteiger partial charge in [0.15, 0.2) is 0 Å². The van der Waals surface area contributed by atoms with Gasteiger partial charge < -0.3 is 10.4 Å². The predicted octanol–water partition coefficient (Wildman–Crippen LogP) is 2.86. The summed E-state index contributed by atoms with van der Waals surface area (Å²) in [6, 6.07) is 16.9. The molecule has 2 N–H and O–H groups in total. The molecular formula is C18H19NO2. The van der Waals surface area contributed by atoms with Crippen LogP contribution in [0.5, 0.6) is 0 Å². The molecule has 1 amide bonds. The molecule has 1 unspecified atom stereocenters. The van der Waals surface area contributed by atoms with Crippen LogP contribution in [-0.2, 0) is 4.79 Å². The first-order valence-electron chi connectivity index (χ1n) is 6.90. The lowest BCUT2D eigenvalue weighted by molar-refractivity contribution is -0.117. The fraction of sp³-hybridized carbons (Fsp3) is 0.167. The molecule has 3 heteroatoms. The van der Waals surface area contributed by atoms with Gasteiger partial charge >= 0.3 is 0 Å². The van der Waals surface area contributed by atoms with Crippen molar-refractivity contribution in [1.82, 2.24) is 5.32 Å². The van der Waals surface area contributed by atoms with E-state index in [4.69, 9.17) is 0 Å². The van der Waals surface area contributed by atoms with E-state index in [0.29, 0.717) is 0 Å². The van der Waals surface area contributed by atoms with Gasteiger partial charge in [-0.1, -0.05) is 60.2 Å². The summed E-state index contributed by atoms with van der Waals surface area (Å²) in [5.74, 6) is -0.223. The van der Waals surface area contributed by atoms with Crippen molar-refractivity contribution in [3.63, 3.8) is 0 Å². The lowest BCUT2D eigenvalue weighted by atomic mass is 10.1. The molecule has 0 saturated carbocycles. The van der Waals surface area contributed by atoms with E-state index in [0.717, 1.165) is 16.7 Å². The number of amides is 1. The Kier molecular flexibility index (Phi) is 5.29. The average Bonchev–Trinajstić information content (AvgIpc) is 2.51. The summed E-state index contributed by atoms with van der Waals surface area (Å²) in [6.45, 7) is 1.88. The monoisotopic (exact) mass is 281 g/mol. The molecule has 108 valence electrons. The summed E-state index contributed by atoms with van der Waals surface area (Å²) < 4.78 is 0. The molecule has 2 aromatic rings. The minimum atomic E-state index is -0.388. The van der Waals surface area contributed by atoms with Crippen molar-refractivity contribution >= 4 is 12.0 Å². The van der Waals surface area contributed by atoms with Gasteiger partial charge in [-0.25, -0.2) is 0 Å². The first kappa shape index (κ1) is 15.0. The van der Waals surface area contributed by atoms with Gasteiger partial charge in [0, 0.05) is 6.08 Å². The van der Waals surface area contributed by atoms with Crippen molar-refractivity contribution in [2.75, 3.05) is 6.61 Å². The maximum absolute atomic E-state index is 11.9. The smallest absolute Gasteiger partial charge is 0.244 e. The van der Waals surface area contributed by atoms with Crippen LogP contribution in [0.1, 0.15) is 22.7 Å². The summed E-state index contributed by atoms with van der Waals surface area (Å²) in [6.07, 6.45) is 3.25. The summed E-state index contributed by atoms with van der Waals surface area (Å²) in [4.78, 5) is 11.9. The molecule has 0 aliphatic rings. The number of hydrogen-bond donors (Lipinski definition) is 2. The molecule has 0 aliphatic heterocycles. The fourth-order valence-electron chi connectivity index (χ4n) is 2.09. The Balaban J connectivity index is 2.00. The van der Waals surface area contributed by atoms with E-state index < -0.39 is 0 Å². The Morgan fingerprint density at radius 1 is 1.19 bits per heavy atom. The predicted molar refractivity (Wildman–Crippen MR) is 84.6 cm³/mol. The van der Waals surface area contributed by atoms with Crippen molar-refractivity contribution in [1.29, 1.82) is 0 Å². The zero-order valence-electron chi connectivity index (χ0n) is 12.0. The molecule has 3 nitrogen and oxygen atoms in total. The van der Waals surface area contributed by atoms with Crippen LogP contribution in [0, 0.1) is 6.92 Å². The van der Waals surface area contributed by atoms with Crippen molar-refractivity contribution in [3.8, 4) is 0 Å². The number of aliphatic hydroxyl groups is 1. The third kappa shape index (κ3) is 4.58. The summed E-state index contributed by atoms with van der Waals surface area (Å²) in [5.41, 5.74) is 3.01. The van der Waals surface area contributed by atoms with E-state index in [9.17, 15) is 9.90 Å². The Bertz CT molecular complexity index is 620. The normalized spacial score (nSPS) is 12.3. The quantitative estimate of drug-likeness (QED) is 0.828. The first-order chi connectivity index (χ1) is 10.2. The van der Waals surface area contributed by atoms with Crippen molar-refractivity contribution in [2.24, 2.45) is 0 Å². The molecule has 0 fully saturated rings. The summed E-state index contributed by atoms with van der Waals surface area (Å²) in [7, 11) is 0. The third-order valence-corrected chi connectivity index (χ3v) is 3.17. The number of rotatable bonds is 5. The fourth-order valence-corrected chi connectivity index (χ4v) is 2.09. The number of carbonyl (C=O) groups excluding carboxylic acids is 1. The van der Waals surface area contributed by atoms with Crippen LogP contribution in [-0.4, -0.2) is 17.6 Å². The summed E-state index contributed by atoms with van der Waals surface area (Å²) >= 11 is 0. The standard InChI is InChI=1S/C18H19NO2/c1-14-6-5-7-15(12-14)10-11-18(21)19-17(13-20)16-8-3-2-4-9-16/h2-12,17,20H,13H2,1H3,(H,19,21)/b11-10+. The van der Waals surface area contributed by atoms with Gasteiger partial charge in [-0.15, -0.1) is 0 Å². The first-order valence-corrected chi connectivity index (χ1v) is 6.90. The largest absolute Gasteiger partial charge is 0.394 e. The second kappa shape index (κ2) is 7.41. The molecule has 0 saturated heterocycles. The second-order valence-electron chi connectivity index (χ2n) is 4.90. The molecular weight excluding hydrogens is 262 g/mol. The maximum atomic E-state index is 11.9. The van der Waals surface area contributed by atoms with E-state index in [1.807, 2.05) is 61.5 Å². The number of benzene rings is 2. The molecule has 0 radical (unpaired) electrons. The molecule has 0 spiro atoms. The zero-order valence-corrected chi connectivity index (χ0v) is 12.0. The number of nitrogens with one attached hydrogen (secondary N) is 1. The van der Waals surface area contributed by atoms with Crippen LogP contribution in [0.4, 0.5) is 0 Å². The van der Waals surface area contributed by atoms with Crippen LogP contribution >= 0.6 is 0 Å². The zero-order chi connectivity index (χ0) is 15.1. The number of hydrogen-bond acceptors (Lipinski definition) is 2. The van der Waals surface area contributed by atoms with Crippen LogP contribution in [0.15, 0.2) is 60.7 Å². The molecule has 1 atom stereocenters. The second-order valence-corrected chi connectivity index (χ2v) is 4.90. The van der Waals surface area contributed by atoms with E-state index in [1.54, 1.807) is 6.08 Å². The molecule has 2 aromatic carbocycles. The lowest BCUT2D eigenvalue weighted by Gasteiger charge is -2.15. The van der Waals surface area contributed by atoms with Gasteiger partial charge in [-0.05, 0) is 24.1 Å². The minimum absolute atomic E-state index is 0.131.